The lowest BCUT2D eigenvalue weighted by Gasteiger charge is -2.44. The van der Waals surface area contributed by atoms with E-state index in [4.69, 9.17) is 9.47 Å². The second kappa shape index (κ2) is 7.91. The molecule has 6 heteroatoms. The number of β-amino-alcohol motifs (C(OH)–C–C–N with tert-alkyl or cyclic N) is 1. The van der Waals surface area contributed by atoms with Gasteiger partial charge in [0.1, 0.15) is 0 Å². The molecule has 0 aromatic carbocycles. The van der Waals surface area contributed by atoms with Gasteiger partial charge in [0.05, 0.1) is 37.9 Å². The first kappa shape index (κ1) is 17.7. The van der Waals surface area contributed by atoms with Crippen molar-refractivity contribution in [2.45, 2.75) is 69.3 Å². The second-order valence-corrected chi connectivity index (χ2v) is 8.48. The minimum atomic E-state index is -0.411. The summed E-state index contributed by atoms with van der Waals surface area (Å²) in [5.41, 5.74) is 0. The predicted molar refractivity (Wildman–Crippen MR) is 93.2 cm³/mol. The summed E-state index contributed by atoms with van der Waals surface area (Å²) in [6, 6.07) is 0.307. The number of hydrogen-bond donors (Lipinski definition) is 2. The molecule has 25 heavy (non-hydrogen) atoms. The number of ether oxygens (including phenoxy) is 2. The van der Waals surface area contributed by atoms with Gasteiger partial charge in [-0.25, -0.2) is 0 Å². The van der Waals surface area contributed by atoms with E-state index in [0.29, 0.717) is 38.1 Å². The first-order valence-electron chi connectivity index (χ1n) is 10.1. The maximum atomic E-state index is 12.1. The highest BCUT2D eigenvalue weighted by Crippen LogP contribution is 2.34. The van der Waals surface area contributed by atoms with Gasteiger partial charge in [-0.2, -0.15) is 0 Å². The zero-order chi connectivity index (χ0) is 17.2. The summed E-state index contributed by atoms with van der Waals surface area (Å²) in [4.78, 5) is 14.6. The Morgan fingerprint density at radius 2 is 1.88 bits per heavy atom. The van der Waals surface area contributed by atoms with E-state index >= 15 is 0 Å². The summed E-state index contributed by atoms with van der Waals surface area (Å²) in [5, 5.41) is 13.2. The van der Waals surface area contributed by atoms with Crippen LogP contribution in [0, 0.1) is 11.8 Å². The highest BCUT2D eigenvalue weighted by molar-refractivity contribution is 5.76. The summed E-state index contributed by atoms with van der Waals surface area (Å²) in [6.45, 7) is 3.46. The molecule has 2 heterocycles. The zero-order valence-corrected chi connectivity index (χ0v) is 15.1. The third-order valence-corrected chi connectivity index (χ3v) is 5.97. The molecule has 2 aliphatic carbocycles. The minimum absolute atomic E-state index is 0.00354. The van der Waals surface area contributed by atoms with Crippen molar-refractivity contribution in [2.75, 3.05) is 32.8 Å². The van der Waals surface area contributed by atoms with Crippen molar-refractivity contribution < 1.29 is 19.4 Å². The molecular weight excluding hydrogens is 320 g/mol. The molecule has 4 aliphatic rings. The largest absolute Gasteiger partial charge is 0.389 e. The molecule has 0 aromatic rings. The Morgan fingerprint density at radius 3 is 2.64 bits per heavy atom. The lowest BCUT2D eigenvalue weighted by atomic mass is 9.94. The number of carbonyl (C=O) groups is 1. The number of aliphatic hydroxyl groups is 1. The van der Waals surface area contributed by atoms with E-state index < -0.39 is 6.10 Å². The SMILES string of the molecule is O=C(C[C@H]1CC[C@@H]2[C@H](COC[C@@H](O)CN2CC2CC2)O1)NCC1CC1. The van der Waals surface area contributed by atoms with Gasteiger partial charge in [-0.3, -0.25) is 9.69 Å². The molecule has 2 saturated heterocycles. The molecule has 6 nitrogen and oxygen atoms in total. The number of fused-ring (bicyclic) bond motifs is 1. The van der Waals surface area contributed by atoms with Crippen molar-refractivity contribution in [3.63, 3.8) is 0 Å². The van der Waals surface area contributed by atoms with E-state index in [1.165, 1.54) is 25.7 Å². The van der Waals surface area contributed by atoms with Crippen LogP contribution in [0.5, 0.6) is 0 Å². The smallest absolute Gasteiger partial charge is 0.222 e. The van der Waals surface area contributed by atoms with Crippen LogP contribution < -0.4 is 5.32 Å². The molecule has 2 aliphatic heterocycles. The van der Waals surface area contributed by atoms with Crippen LogP contribution >= 0.6 is 0 Å². The summed E-state index contributed by atoms with van der Waals surface area (Å²) in [5.74, 6) is 1.62. The van der Waals surface area contributed by atoms with Gasteiger partial charge in [-0.05, 0) is 50.4 Å². The highest BCUT2D eigenvalue weighted by Gasteiger charge is 2.39. The molecule has 2 saturated carbocycles. The average Bonchev–Trinajstić information content (AvgIpc) is 3.46. The molecule has 0 aromatic heterocycles. The summed E-state index contributed by atoms with van der Waals surface area (Å²) >= 11 is 0. The van der Waals surface area contributed by atoms with Crippen molar-refractivity contribution in [3.05, 3.63) is 0 Å². The molecule has 142 valence electrons. The van der Waals surface area contributed by atoms with E-state index in [1.807, 2.05) is 0 Å². The second-order valence-electron chi connectivity index (χ2n) is 8.48. The molecule has 0 unspecified atom stereocenters. The average molecular weight is 352 g/mol. The van der Waals surface area contributed by atoms with Crippen molar-refractivity contribution in [1.29, 1.82) is 0 Å². The predicted octanol–water partition coefficient (Wildman–Crippen LogP) is 0.922. The van der Waals surface area contributed by atoms with Gasteiger partial charge < -0.3 is 19.9 Å². The molecule has 0 radical (unpaired) electrons. The Bertz CT molecular complexity index is 466. The number of amides is 1. The van der Waals surface area contributed by atoms with Crippen LogP contribution in [0.4, 0.5) is 0 Å². The minimum Gasteiger partial charge on any atom is -0.389 e. The van der Waals surface area contributed by atoms with Gasteiger partial charge in [-0.15, -0.1) is 0 Å². The Kier molecular flexibility index (Phi) is 5.60. The van der Waals surface area contributed by atoms with Gasteiger partial charge in [0, 0.05) is 25.7 Å². The van der Waals surface area contributed by atoms with Crippen molar-refractivity contribution in [1.82, 2.24) is 10.2 Å². The summed E-state index contributed by atoms with van der Waals surface area (Å²) in [7, 11) is 0. The molecule has 4 fully saturated rings. The van der Waals surface area contributed by atoms with Crippen LogP contribution in [0.3, 0.4) is 0 Å². The van der Waals surface area contributed by atoms with Crippen molar-refractivity contribution in [2.24, 2.45) is 11.8 Å². The number of carbonyl (C=O) groups excluding carboxylic acids is 1. The Balaban J connectivity index is 1.31. The quantitative estimate of drug-likeness (QED) is 0.744. The fraction of sp³-hybridized carbons (Fsp3) is 0.947. The van der Waals surface area contributed by atoms with E-state index in [-0.39, 0.29) is 18.1 Å². The molecule has 0 spiro atoms. The van der Waals surface area contributed by atoms with Crippen LogP contribution in [0.2, 0.25) is 0 Å². The third kappa shape index (κ3) is 5.16. The van der Waals surface area contributed by atoms with Crippen LogP contribution in [-0.4, -0.2) is 73.1 Å². The number of aliphatic hydroxyl groups excluding tert-OH is 1. The number of nitrogens with one attached hydrogen (secondary N) is 1. The molecule has 0 bridgehead atoms. The maximum absolute atomic E-state index is 12.1. The lowest BCUT2D eigenvalue weighted by molar-refractivity contribution is -0.157. The summed E-state index contributed by atoms with van der Waals surface area (Å²) < 4.78 is 11.9. The topological polar surface area (TPSA) is 71.0 Å². The van der Waals surface area contributed by atoms with Crippen LogP contribution in [0.25, 0.3) is 0 Å². The molecular formula is C19H32N2O4. The monoisotopic (exact) mass is 352 g/mol. The fourth-order valence-corrected chi connectivity index (χ4v) is 4.15. The molecule has 4 rings (SSSR count). The molecule has 4 atom stereocenters. The van der Waals surface area contributed by atoms with Crippen LogP contribution in [0.1, 0.15) is 44.9 Å². The number of hydrogen-bond acceptors (Lipinski definition) is 5. The van der Waals surface area contributed by atoms with Gasteiger partial charge in [-0.1, -0.05) is 0 Å². The fourth-order valence-electron chi connectivity index (χ4n) is 4.15. The van der Waals surface area contributed by atoms with E-state index in [9.17, 15) is 9.90 Å². The molecule has 2 N–H and O–H groups in total. The van der Waals surface area contributed by atoms with Crippen molar-refractivity contribution >= 4 is 5.91 Å². The third-order valence-electron chi connectivity index (χ3n) is 5.97. The Hall–Kier alpha value is -0.690. The normalized spacial score (nSPS) is 37.0. The van der Waals surface area contributed by atoms with Crippen LogP contribution in [-0.2, 0) is 14.3 Å². The van der Waals surface area contributed by atoms with Gasteiger partial charge in [0.2, 0.25) is 5.91 Å². The highest BCUT2D eigenvalue weighted by atomic mass is 16.5. The molecule has 1 amide bonds. The van der Waals surface area contributed by atoms with Crippen molar-refractivity contribution in [3.8, 4) is 0 Å². The van der Waals surface area contributed by atoms with E-state index in [0.717, 1.165) is 31.8 Å². The Labute approximate surface area is 150 Å². The first-order chi connectivity index (χ1) is 12.2. The number of nitrogens with zero attached hydrogens (tertiary/aromatic N) is 1. The van der Waals surface area contributed by atoms with Gasteiger partial charge >= 0.3 is 0 Å². The van der Waals surface area contributed by atoms with E-state index in [2.05, 4.69) is 10.2 Å². The standard InChI is InChI=1S/C19H32N2O4/c22-15-10-21(9-14-3-4-14)17-6-5-16(25-18(17)12-24-11-15)7-19(23)20-8-13-1-2-13/h13-18,22H,1-12H2,(H,20,23)/t15-,16+,17+,18-/m0/s1. The zero-order valence-electron chi connectivity index (χ0n) is 15.1. The number of rotatable bonds is 6. The Morgan fingerprint density at radius 1 is 1.08 bits per heavy atom. The first-order valence-corrected chi connectivity index (χ1v) is 10.1. The summed E-state index contributed by atoms with van der Waals surface area (Å²) in [6.07, 6.45) is 7.12. The van der Waals surface area contributed by atoms with Gasteiger partial charge in [0.25, 0.3) is 0 Å². The maximum Gasteiger partial charge on any atom is 0.222 e. The lowest BCUT2D eigenvalue weighted by Crippen LogP contribution is -2.56. The van der Waals surface area contributed by atoms with E-state index in [1.54, 1.807) is 0 Å². The van der Waals surface area contributed by atoms with Gasteiger partial charge in [0.15, 0.2) is 0 Å². The van der Waals surface area contributed by atoms with Crippen LogP contribution in [0.15, 0.2) is 0 Å².